The van der Waals surface area contributed by atoms with Crippen molar-refractivity contribution in [3.8, 4) is 0 Å². The standard InChI is InChI=1S/C17H29NO/c1-4-6-10-14(5-2)17(19)16(12-18)15-11-8-7-9-13(15)3/h7-9,11,14,16-17,19H,4-6,10,12,18H2,1-3H3. The lowest BCUT2D eigenvalue weighted by Gasteiger charge is -2.30. The average Bonchev–Trinajstić information content (AvgIpc) is 2.42. The molecule has 0 fully saturated rings. The molecule has 1 aromatic rings. The predicted molar refractivity (Wildman–Crippen MR) is 82.3 cm³/mol. The van der Waals surface area contributed by atoms with E-state index in [2.05, 4.69) is 32.9 Å². The van der Waals surface area contributed by atoms with Gasteiger partial charge in [0, 0.05) is 12.5 Å². The smallest absolute Gasteiger partial charge is 0.0648 e. The zero-order valence-electron chi connectivity index (χ0n) is 12.6. The lowest BCUT2D eigenvalue weighted by atomic mass is 9.81. The van der Waals surface area contributed by atoms with Gasteiger partial charge in [0.05, 0.1) is 6.10 Å². The maximum Gasteiger partial charge on any atom is 0.0648 e. The van der Waals surface area contributed by atoms with Crippen LogP contribution in [0.3, 0.4) is 0 Å². The van der Waals surface area contributed by atoms with E-state index < -0.39 is 0 Å². The van der Waals surface area contributed by atoms with Crippen LogP contribution >= 0.6 is 0 Å². The number of aryl methyl sites for hydroxylation is 1. The fourth-order valence-electron chi connectivity index (χ4n) is 2.86. The Bertz CT molecular complexity index is 364. The van der Waals surface area contributed by atoms with Crippen LogP contribution in [0.5, 0.6) is 0 Å². The quantitative estimate of drug-likeness (QED) is 0.752. The van der Waals surface area contributed by atoms with Crippen LogP contribution in [-0.4, -0.2) is 17.8 Å². The molecule has 3 atom stereocenters. The molecule has 0 saturated carbocycles. The molecule has 2 nitrogen and oxygen atoms in total. The summed E-state index contributed by atoms with van der Waals surface area (Å²) in [6.07, 6.45) is 4.14. The maximum atomic E-state index is 10.7. The Kier molecular flexibility index (Phi) is 7.11. The van der Waals surface area contributed by atoms with Crippen LogP contribution in [-0.2, 0) is 0 Å². The highest BCUT2D eigenvalue weighted by atomic mass is 16.3. The van der Waals surface area contributed by atoms with Crippen LogP contribution in [0, 0.1) is 12.8 Å². The van der Waals surface area contributed by atoms with Crippen LogP contribution in [0.1, 0.15) is 56.6 Å². The van der Waals surface area contributed by atoms with Gasteiger partial charge in [0.1, 0.15) is 0 Å². The molecule has 108 valence electrons. The molecule has 0 aliphatic rings. The molecule has 2 heteroatoms. The van der Waals surface area contributed by atoms with Gasteiger partial charge in [-0.2, -0.15) is 0 Å². The third-order valence-corrected chi connectivity index (χ3v) is 4.19. The van der Waals surface area contributed by atoms with Crippen molar-refractivity contribution in [2.45, 2.75) is 58.5 Å². The Balaban J connectivity index is 2.86. The molecule has 0 spiro atoms. The first-order valence-electron chi connectivity index (χ1n) is 7.59. The van der Waals surface area contributed by atoms with Crippen molar-refractivity contribution in [1.82, 2.24) is 0 Å². The van der Waals surface area contributed by atoms with Gasteiger partial charge in [0.25, 0.3) is 0 Å². The largest absolute Gasteiger partial charge is 0.392 e. The maximum absolute atomic E-state index is 10.7. The summed E-state index contributed by atoms with van der Waals surface area (Å²) in [5.41, 5.74) is 8.36. The van der Waals surface area contributed by atoms with Crippen molar-refractivity contribution >= 4 is 0 Å². The summed E-state index contributed by atoms with van der Waals surface area (Å²) in [5.74, 6) is 0.413. The molecule has 19 heavy (non-hydrogen) atoms. The first-order chi connectivity index (χ1) is 9.15. The summed E-state index contributed by atoms with van der Waals surface area (Å²) in [6, 6.07) is 8.26. The molecule has 1 rings (SSSR count). The van der Waals surface area contributed by atoms with Crippen molar-refractivity contribution in [3.05, 3.63) is 35.4 Å². The second kappa shape index (κ2) is 8.34. The zero-order valence-corrected chi connectivity index (χ0v) is 12.6. The second-order valence-corrected chi connectivity index (χ2v) is 5.50. The highest BCUT2D eigenvalue weighted by Crippen LogP contribution is 2.30. The molecule has 0 saturated heterocycles. The SMILES string of the molecule is CCCCC(CC)C(O)C(CN)c1ccccc1C. The predicted octanol–water partition coefficient (Wildman–Crippen LogP) is 3.61. The Hall–Kier alpha value is -0.860. The van der Waals surface area contributed by atoms with Crippen LogP contribution in [0.15, 0.2) is 24.3 Å². The van der Waals surface area contributed by atoms with Crippen molar-refractivity contribution < 1.29 is 5.11 Å². The number of rotatable bonds is 8. The monoisotopic (exact) mass is 263 g/mol. The second-order valence-electron chi connectivity index (χ2n) is 5.50. The average molecular weight is 263 g/mol. The minimum absolute atomic E-state index is 0.0583. The molecule has 3 unspecified atom stereocenters. The third kappa shape index (κ3) is 4.32. The normalized spacial score (nSPS) is 16.1. The minimum Gasteiger partial charge on any atom is -0.392 e. The lowest BCUT2D eigenvalue weighted by Crippen LogP contribution is -2.32. The molecule has 0 amide bonds. The Morgan fingerprint density at radius 1 is 1.21 bits per heavy atom. The van der Waals surface area contributed by atoms with Gasteiger partial charge in [-0.15, -0.1) is 0 Å². The summed E-state index contributed by atoms with van der Waals surface area (Å²) < 4.78 is 0. The highest BCUT2D eigenvalue weighted by molar-refractivity contribution is 5.30. The molecule has 1 aromatic carbocycles. The number of benzene rings is 1. The van der Waals surface area contributed by atoms with E-state index in [1.807, 2.05) is 12.1 Å². The van der Waals surface area contributed by atoms with Gasteiger partial charge in [0.15, 0.2) is 0 Å². The van der Waals surface area contributed by atoms with Gasteiger partial charge in [0.2, 0.25) is 0 Å². The van der Waals surface area contributed by atoms with Crippen molar-refractivity contribution in [2.75, 3.05) is 6.54 Å². The number of nitrogens with two attached hydrogens (primary N) is 1. The van der Waals surface area contributed by atoms with Crippen molar-refractivity contribution in [1.29, 1.82) is 0 Å². The molecule has 0 aliphatic heterocycles. The Labute approximate surface area is 118 Å². The van der Waals surface area contributed by atoms with E-state index in [1.54, 1.807) is 0 Å². The molecular formula is C17H29NO. The first-order valence-corrected chi connectivity index (χ1v) is 7.59. The van der Waals surface area contributed by atoms with Crippen molar-refractivity contribution in [3.63, 3.8) is 0 Å². The first kappa shape index (κ1) is 16.2. The van der Waals surface area contributed by atoms with Gasteiger partial charge < -0.3 is 10.8 Å². The van der Waals surface area contributed by atoms with E-state index in [4.69, 9.17) is 5.73 Å². The number of aliphatic hydroxyl groups excluding tert-OH is 1. The fraction of sp³-hybridized carbons (Fsp3) is 0.647. The lowest BCUT2D eigenvalue weighted by molar-refractivity contribution is 0.0741. The van der Waals surface area contributed by atoms with Crippen LogP contribution in [0.4, 0.5) is 0 Å². The molecule has 0 heterocycles. The van der Waals surface area contributed by atoms with Gasteiger partial charge in [-0.3, -0.25) is 0 Å². The van der Waals surface area contributed by atoms with E-state index in [-0.39, 0.29) is 12.0 Å². The van der Waals surface area contributed by atoms with E-state index in [1.165, 1.54) is 24.0 Å². The molecule has 0 aliphatic carbocycles. The van der Waals surface area contributed by atoms with Crippen LogP contribution in [0.2, 0.25) is 0 Å². The van der Waals surface area contributed by atoms with E-state index in [0.717, 1.165) is 12.8 Å². The summed E-state index contributed by atoms with van der Waals surface area (Å²) in [7, 11) is 0. The summed E-state index contributed by atoms with van der Waals surface area (Å²) in [6.45, 7) is 6.96. The number of unbranched alkanes of at least 4 members (excludes halogenated alkanes) is 1. The number of aliphatic hydroxyl groups is 1. The topological polar surface area (TPSA) is 46.2 Å². The summed E-state index contributed by atoms with van der Waals surface area (Å²) in [4.78, 5) is 0. The van der Waals surface area contributed by atoms with Crippen LogP contribution in [0.25, 0.3) is 0 Å². The van der Waals surface area contributed by atoms with Crippen molar-refractivity contribution in [2.24, 2.45) is 11.7 Å². The molecular weight excluding hydrogens is 234 g/mol. The number of hydrogen-bond acceptors (Lipinski definition) is 2. The molecule has 0 aromatic heterocycles. The Morgan fingerprint density at radius 3 is 2.42 bits per heavy atom. The van der Waals surface area contributed by atoms with Gasteiger partial charge in [-0.25, -0.2) is 0 Å². The summed E-state index contributed by atoms with van der Waals surface area (Å²) >= 11 is 0. The van der Waals surface area contributed by atoms with Crippen LogP contribution < -0.4 is 5.73 Å². The fourth-order valence-corrected chi connectivity index (χ4v) is 2.86. The van der Waals surface area contributed by atoms with Gasteiger partial charge in [-0.05, 0) is 30.4 Å². The third-order valence-electron chi connectivity index (χ3n) is 4.19. The minimum atomic E-state index is -0.331. The molecule has 0 radical (unpaired) electrons. The van der Waals surface area contributed by atoms with E-state index >= 15 is 0 Å². The van der Waals surface area contributed by atoms with Gasteiger partial charge in [-0.1, -0.05) is 57.4 Å². The van der Waals surface area contributed by atoms with E-state index in [9.17, 15) is 5.11 Å². The number of hydrogen-bond donors (Lipinski definition) is 2. The molecule has 3 N–H and O–H groups in total. The Morgan fingerprint density at radius 2 is 1.89 bits per heavy atom. The molecule has 0 bridgehead atoms. The highest BCUT2D eigenvalue weighted by Gasteiger charge is 2.27. The zero-order chi connectivity index (χ0) is 14.3. The summed E-state index contributed by atoms with van der Waals surface area (Å²) in [5, 5.41) is 10.7. The van der Waals surface area contributed by atoms with Gasteiger partial charge >= 0.3 is 0 Å². The van der Waals surface area contributed by atoms with E-state index in [0.29, 0.717) is 12.5 Å².